The second-order valence-electron chi connectivity index (χ2n) is 4.59. The van der Waals surface area contributed by atoms with Crippen LogP contribution in [0.15, 0.2) is 41.3 Å². The lowest BCUT2D eigenvalue weighted by Gasteiger charge is -2.11. The molecule has 3 N–H and O–H groups in total. The zero-order valence-corrected chi connectivity index (χ0v) is 12.8. The van der Waals surface area contributed by atoms with Crippen molar-refractivity contribution in [1.29, 1.82) is 0 Å². The Kier molecular flexibility index (Phi) is 4.51. The number of rotatable bonds is 4. The van der Waals surface area contributed by atoms with E-state index in [9.17, 15) is 12.8 Å². The fourth-order valence-electron chi connectivity index (χ4n) is 1.86. The van der Waals surface area contributed by atoms with Crippen LogP contribution in [0.1, 0.15) is 11.1 Å². The lowest BCUT2D eigenvalue weighted by molar-refractivity contribution is 0.579. The number of hydrogen-bond acceptors (Lipinski definition) is 3. The van der Waals surface area contributed by atoms with E-state index < -0.39 is 15.8 Å². The fraction of sp³-hybridized carbons (Fsp3) is 0.143. The number of halogens is 2. The molecule has 0 radical (unpaired) electrons. The van der Waals surface area contributed by atoms with Crippen molar-refractivity contribution in [1.82, 2.24) is 4.72 Å². The summed E-state index contributed by atoms with van der Waals surface area (Å²) in [6, 6.07) is 8.52. The maximum absolute atomic E-state index is 13.1. The molecule has 0 bridgehead atoms. The van der Waals surface area contributed by atoms with Crippen molar-refractivity contribution < 1.29 is 12.8 Å². The molecule has 0 aromatic heterocycles. The second kappa shape index (κ2) is 6.01. The summed E-state index contributed by atoms with van der Waals surface area (Å²) in [4.78, 5) is 0.0563. The van der Waals surface area contributed by atoms with Crippen molar-refractivity contribution in [2.24, 2.45) is 0 Å². The number of sulfonamides is 1. The average molecular weight is 329 g/mol. The molecular weight excluding hydrogens is 315 g/mol. The molecule has 2 aromatic rings. The van der Waals surface area contributed by atoms with Gasteiger partial charge in [0.2, 0.25) is 10.0 Å². The topological polar surface area (TPSA) is 72.2 Å². The minimum Gasteiger partial charge on any atom is -0.397 e. The van der Waals surface area contributed by atoms with E-state index in [2.05, 4.69) is 4.72 Å². The van der Waals surface area contributed by atoms with Crippen LogP contribution in [0.25, 0.3) is 0 Å². The van der Waals surface area contributed by atoms with E-state index in [1.165, 1.54) is 30.3 Å². The molecule has 0 saturated carbocycles. The van der Waals surface area contributed by atoms with Gasteiger partial charge in [-0.2, -0.15) is 0 Å². The van der Waals surface area contributed by atoms with Gasteiger partial charge in [0.1, 0.15) is 5.82 Å². The highest BCUT2D eigenvalue weighted by molar-refractivity contribution is 7.89. The Balaban J connectivity index is 2.25. The Hall–Kier alpha value is -1.63. The summed E-state index contributed by atoms with van der Waals surface area (Å²) < 4.78 is 40.0. The Labute approximate surface area is 127 Å². The number of anilines is 1. The van der Waals surface area contributed by atoms with Gasteiger partial charge in [-0.15, -0.1) is 0 Å². The summed E-state index contributed by atoms with van der Waals surface area (Å²) in [5, 5.41) is 0.302. The van der Waals surface area contributed by atoms with Gasteiger partial charge in [-0.25, -0.2) is 17.5 Å². The Morgan fingerprint density at radius 3 is 2.67 bits per heavy atom. The van der Waals surface area contributed by atoms with Crippen LogP contribution in [0.2, 0.25) is 5.02 Å². The molecule has 0 fully saturated rings. The first-order valence-electron chi connectivity index (χ1n) is 6.09. The minimum absolute atomic E-state index is 0.0118. The monoisotopic (exact) mass is 328 g/mol. The largest absolute Gasteiger partial charge is 0.397 e. The van der Waals surface area contributed by atoms with E-state index in [1.807, 2.05) is 0 Å². The van der Waals surface area contributed by atoms with Crippen LogP contribution < -0.4 is 10.5 Å². The highest BCUT2D eigenvalue weighted by atomic mass is 35.5. The van der Waals surface area contributed by atoms with E-state index in [1.54, 1.807) is 13.0 Å². The number of aryl methyl sites for hydroxylation is 1. The lowest BCUT2D eigenvalue weighted by atomic mass is 10.2. The van der Waals surface area contributed by atoms with Crippen LogP contribution in [0.5, 0.6) is 0 Å². The van der Waals surface area contributed by atoms with E-state index in [0.29, 0.717) is 16.1 Å². The predicted octanol–water partition coefficient (Wildman–Crippen LogP) is 2.85. The van der Waals surface area contributed by atoms with E-state index in [-0.39, 0.29) is 17.1 Å². The van der Waals surface area contributed by atoms with Crippen molar-refractivity contribution in [2.75, 3.05) is 5.73 Å². The van der Waals surface area contributed by atoms with Crippen LogP contribution in [0, 0.1) is 12.7 Å². The van der Waals surface area contributed by atoms with Gasteiger partial charge in [-0.1, -0.05) is 23.7 Å². The summed E-state index contributed by atoms with van der Waals surface area (Å²) in [6.07, 6.45) is 0. The fourth-order valence-corrected chi connectivity index (χ4v) is 3.36. The molecule has 2 aromatic carbocycles. The maximum Gasteiger partial charge on any atom is 0.241 e. The number of nitrogens with one attached hydrogen (secondary N) is 1. The Bertz CT molecular complexity index is 779. The van der Waals surface area contributed by atoms with Gasteiger partial charge in [-0.05, 0) is 42.3 Å². The summed E-state index contributed by atoms with van der Waals surface area (Å²) in [7, 11) is -3.75. The molecule has 0 heterocycles. The molecule has 0 saturated heterocycles. The third-order valence-corrected chi connectivity index (χ3v) is 4.81. The van der Waals surface area contributed by atoms with Crippen LogP contribution in [0.4, 0.5) is 10.1 Å². The SMILES string of the molecule is Cc1cc(Cl)c(N)cc1S(=O)(=O)NCc1cccc(F)c1. The molecule has 112 valence electrons. The normalized spacial score (nSPS) is 11.6. The molecule has 0 atom stereocenters. The minimum atomic E-state index is -3.75. The molecule has 7 heteroatoms. The van der Waals surface area contributed by atoms with Crippen LogP contribution in [-0.2, 0) is 16.6 Å². The first-order chi connectivity index (χ1) is 9.79. The average Bonchev–Trinajstić information content (AvgIpc) is 2.41. The van der Waals surface area contributed by atoms with Crippen molar-refractivity contribution in [2.45, 2.75) is 18.4 Å². The van der Waals surface area contributed by atoms with Crippen molar-refractivity contribution >= 4 is 27.3 Å². The van der Waals surface area contributed by atoms with Crippen molar-refractivity contribution in [3.8, 4) is 0 Å². The van der Waals surface area contributed by atoms with E-state index in [0.717, 1.165) is 0 Å². The van der Waals surface area contributed by atoms with Gasteiger partial charge >= 0.3 is 0 Å². The Morgan fingerprint density at radius 1 is 1.29 bits per heavy atom. The highest BCUT2D eigenvalue weighted by Crippen LogP contribution is 2.26. The number of nitrogens with two attached hydrogens (primary N) is 1. The van der Waals surface area contributed by atoms with E-state index >= 15 is 0 Å². The van der Waals surface area contributed by atoms with Crippen LogP contribution in [-0.4, -0.2) is 8.42 Å². The van der Waals surface area contributed by atoms with Gasteiger partial charge in [0.25, 0.3) is 0 Å². The maximum atomic E-state index is 13.1. The van der Waals surface area contributed by atoms with Gasteiger partial charge < -0.3 is 5.73 Å². The van der Waals surface area contributed by atoms with Gasteiger partial charge in [0.05, 0.1) is 15.6 Å². The molecule has 4 nitrogen and oxygen atoms in total. The summed E-state index contributed by atoms with van der Waals surface area (Å²) in [5.41, 5.74) is 6.84. The first-order valence-corrected chi connectivity index (χ1v) is 7.95. The zero-order valence-electron chi connectivity index (χ0n) is 11.2. The molecule has 0 amide bonds. The summed E-state index contributed by atoms with van der Waals surface area (Å²) in [5.74, 6) is -0.418. The highest BCUT2D eigenvalue weighted by Gasteiger charge is 2.18. The smallest absolute Gasteiger partial charge is 0.241 e. The quantitative estimate of drug-likeness (QED) is 0.848. The predicted molar refractivity (Wildman–Crippen MR) is 81.0 cm³/mol. The third kappa shape index (κ3) is 3.72. The van der Waals surface area contributed by atoms with E-state index in [4.69, 9.17) is 17.3 Å². The van der Waals surface area contributed by atoms with Crippen LogP contribution >= 0.6 is 11.6 Å². The molecule has 0 aliphatic heterocycles. The Morgan fingerprint density at radius 2 is 2.00 bits per heavy atom. The summed E-state index contributed by atoms with van der Waals surface area (Å²) in [6.45, 7) is 1.62. The number of hydrogen-bond donors (Lipinski definition) is 2. The molecule has 0 unspecified atom stereocenters. The van der Waals surface area contributed by atoms with Gasteiger partial charge in [-0.3, -0.25) is 0 Å². The molecule has 0 spiro atoms. The second-order valence-corrected chi connectivity index (χ2v) is 6.74. The first kappa shape index (κ1) is 15.8. The standard InChI is InChI=1S/C14H14ClFN2O2S/c1-9-5-12(15)13(17)7-14(9)21(19,20)18-8-10-3-2-4-11(16)6-10/h2-7,18H,8,17H2,1H3. The third-order valence-electron chi connectivity index (χ3n) is 2.94. The molecule has 21 heavy (non-hydrogen) atoms. The lowest BCUT2D eigenvalue weighted by Crippen LogP contribution is -2.24. The molecular formula is C14H14ClFN2O2S. The number of benzene rings is 2. The number of nitrogen functional groups attached to an aromatic ring is 1. The van der Waals surface area contributed by atoms with Crippen molar-refractivity contribution in [3.05, 3.63) is 58.4 Å². The molecule has 0 aliphatic carbocycles. The summed E-state index contributed by atoms with van der Waals surface area (Å²) >= 11 is 5.84. The van der Waals surface area contributed by atoms with Gasteiger partial charge in [0.15, 0.2) is 0 Å². The van der Waals surface area contributed by atoms with Crippen molar-refractivity contribution in [3.63, 3.8) is 0 Å². The zero-order chi connectivity index (χ0) is 15.6. The van der Waals surface area contributed by atoms with Crippen LogP contribution in [0.3, 0.4) is 0 Å². The molecule has 2 rings (SSSR count). The molecule has 0 aliphatic rings. The van der Waals surface area contributed by atoms with Gasteiger partial charge in [0, 0.05) is 6.54 Å².